The zero-order valence-corrected chi connectivity index (χ0v) is 20.9. The van der Waals surface area contributed by atoms with Gasteiger partial charge in [0, 0.05) is 37.9 Å². The molecule has 5 N–H and O–H groups in total. The Balaban J connectivity index is 1.63. The van der Waals surface area contributed by atoms with Gasteiger partial charge in [0.25, 0.3) is 5.91 Å². The second-order valence-electron chi connectivity index (χ2n) is 9.39. The predicted octanol–water partition coefficient (Wildman–Crippen LogP) is 2.36. The van der Waals surface area contributed by atoms with Gasteiger partial charge in [-0.3, -0.25) is 4.79 Å². The van der Waals surface area contributed by atoms with Gasteiger partial charge >= 0.3 is 0 Å². The van der Waals surface area contributed by atoms with Gasteiger partial charge in [0.2, 0.25) is 0 Å². The second kappa shape index (κ2) is 11.1. The molecule has 1 saturated carbocycles. The molecule has 0 unspecified atom stereocenters. The van der Waals surface area contributed by atoms with Crippen LogP contribution in [0, 0.1) is 0 Å². The van der Waals surface area contributed by atoms with Crippen molar-refractivity contribution in [2.75, 3.05) is 55.9 Å². The standard InChI is InChI=1S/C25H37N7O3/c1-4-19-24(27-16-5-8-18(33)9-6-16)30-25(22(29-19)23(26)34)28-17-7-10-21(35-3)20(15-17)32-13-11-31(2)12-14-32/h7,10,15-16,18,33H,4-6,8-9,11-14H2,1-3H3,(H2,26,34)(H2,27,28,30)/t16-,18-. The van der Waals surface area contributed by atoms with Crippen molar-refractivity contribution in [2.45, 2.75) is 51.2 Å². The maximum absolute atomic E-state index is 12.3. The third-order valence-electron chi connectivity index (χ3n) is 6.86. The van der Waals surface area contributed by atoms with E-state index in [1.165, 1.54) is 0 Å². The lowest BCUT2D eigenvalue weighted by Crippen LogP contribution is -2.44. The molecule has 1 aromatic carbocycles. The van der Waals surface area contributed by atoms with E-state index in [9.17, 15) is 9.90 Å². The Bertz CT molecular complexity index is 1030. The number of aryl methyl sites for hydroxylation is 1. The third kappa shape index (κ3) is 5.94. The van der Waals surface area contributed by atoms with Crippen molar-refractivity contribution >= 4 is 28.9 Å². The summed E-state index contributed by atoms with van der Waals surface area (Å²) >= 11 is 0. The minimum absolute atomic E-state index is 0.114. The SMILES string of the molecule is CCc1nc(C(N)=O)c(Nc2ccc(OC)c(N3CCN(C)CC3)c2)nc1N[C@H]1CC[C@H](O)CC1. The van der Waals surface area contributed by atoms with E-state index in [4.69, 9.17) is 15.5 Å². The number of hydrogen-bond acceptors (Lipinski definition) is 9. The number of ether oxygens (including phenoxy) is 1. The van der Waals surface area contributed by atoms with Crippen LogP contribution in [0.1, 0.15) is 48.8 Å². The maximum atomic E-state index is 12.3. The molecule has 0 bridgehead atoms. The number of benzene rings is 1. The van der Waals surface area contributed by atoms with Crippen LogP contribution in [0.3, 0.4) is 0 Å². The Kier molecular flexibility index (Phi) is 7.92. The number of likely N-dealkylation sites (N-methyl/N-ethyl adjacent to an activating group) is 1. The molecule has 1 aromatic heterocycles. The van der Waals surface area contributed by atoms with E-state index in [0.717, 1.165) is 69.0 Å². The van der Waals surface area contributed by atoms with Crippen LogP contribution in [-0.4, -0.2) is 78.4 Å². The van der Waals surface area contributed by atoms with Crippen LogP contribution in [0.15, 0.2) is 18.2 Å². The molecule has 0 spiro atoms. The summed E-state index contributed by atoms with van der Waals surface area (Å²) in [7, 11) is 3.79. The molecule has 35 heavy (non-hydrogen) atoms. The fourth-order valence-electron chi connectivity index (χ4n) is 4.70. The number of nitrogens with one attached hydrogen (secondary N) is 2. The number of methoxy groups -OCH3 is 1. The van der Waals surface area contributed by atoms with Gasteiger partial charge in [-0.15, -0.1) is 0 Å². The summed E-state index contributed by atoms with van der Waals surface area (Å²) in [5.41, 5.74) is 8.26. The van der Waals surface area contributed by atoms with Crippen LogP contribution in [0.5, 0.6) is 5.75 Å². The van der Waals surface area contributed by atoms with E-state index in [1.807, 2.05) is 25.1 Å². The van der Waals surface area contributed by atoms with Crippen molar-refractivity contribution in [1.82, 2.24) is 14.9 Å². The van der Waals surface area contributed by atoms with Crippen molar-refractivity contribution in [3.8, 4) is 5.75 Å². The number of hydrogen-bond donors (Lipinski definition) is 4. The quantitative estimate of drug-likeness (QED) is 0.447. The fourth-order valence-corrected chi connectivity index (χ4v) is 4.70. The largest absolute Gasteiger partial charge is 0.495 e. The summed E-state index contributed by atoms with van der Waals surface area (Å²) in [4.78, 5) is 26.2. The molecule has 1 aliphatic carbocycles. The highest BCUT2D eigenvalue weighted by atomic mass is 16.5. The lowest BCUT2D eigenvalue weighted by atomic mass is 9.93. The third-order valence-corrected chi connectivity index (χ3v) is 6.86. The molecule has 2 aromatic rings. The Morgan fingerprint density at radius 3 is 2.49 bits per heavy atom. The van der Waals surface area contributed by atoms with Crippen LogP contribution in [0.2, 0.25) is 0 Å². The van der Waals surface area contributed by atoms with Crippen molar-refractivity contribution in [3.05, 3.63) is 29.6 Å². The van der Waals surface area contributed by atoms with Crippen molar-refractivity contribution < 1.29 is 14.6 Å². The average molecular weight is 484 g/mol. The van der Waals surface area contributed by atoms with Gasteiger partial charge in [0.15, 0.2) is 11.5 Å². The Labute approximate surface area is 206 Å². The molecule has 1 saturated heterocycles. The molecule has 10 nitrogen and oxygen atoms in total. The monoisotopic (exact) mass is 483 g/mol. The Hall–Kier alpha value is -3.11. The number of nitrogens with two attached hydrogens (primary N) is 1. The number of aliphatic hydroxyl groups excluding tert-OH is 1. The van der Waals surface area contributed by atoms with Crippen LogP contribution in [-0.2, 0) is 6.42 Å². The highest BCUT2D eigenvalue weighted by Gasteiger charge is 2.24. The van der Waals surface area contributed by atoms with Crippen molar-refractivity contribution in [2.24, 2.45) is 5.73 Å². The molecule has 0 atom stereocenters. The molecule has 2 heterocycles. The summed E-state index contributed by atoms with van der Waals surface area (Å²) < 4.78 is 5.62. The van der Waals surface area contributed by atoms with Crippen LogP contribution < -0.4 is 26.0 Å². The first-order chi connectivity index (χ1) is 16.9. The lowest BCUT2D eigenvalue weighted by Gasteiger charge is -2.35. The second-order valence-corrected chi connectivity index (χ2v) is 9.39. The maximum Gasteiger partial charge on any atom is 0.271 e. The van der Waals surface area contributed by atoms with E-state index >= 15 is 0 Å². The van der Waals surface area contributed by atoms with Crippen molar-refractivity contribution in [1.29, 1.82) is 0 Å². The first-order valence-corrected chi connectivity index (χ1v) is 12.4. The zero-order valence-electron chi connectivity index (χ0n) is 20.9. The number of carbonyl (C=O) groups is 1. The minimum Gasteiger partial charge on any atom is -0.495 e. The highest BCUT2D eigenvalue weighted by Crippen LogP contribution is 2.34. The first-order valence-electron chi connectivity index (χ1n) is 12.4. The molecular formula is C25H37N7O3. The molecule has 1 amide bonds. The summed E-state index contributed by atoms with van der Waals surface area (Å²) in [5, 5.41) is 16.6. The average Bonchev–Trinajstić information content (AvgIpc) is 2.86. The number of nitrogens with zero attached hydrogens (tertiary/aromatic N) is 4. The molecule has 10 heteroatoms. The van der Waals surface area contributed by atoms with Crippen LogP contribution in [0.4, 0.5) is 23.0 Å². The fraction of sp³-hybridized carbons (Fsp3) is 0.560. The number of rotatable bonds is 8. The first kappa shape index (κ1) is 25.0. The van der Waals surface area contributed by atoms with Gasteiger partial charge in [0.05, 0.1) is 24.6 Å². The smallest absolute Gasteiger partial charge is 0.271 e. The van der Waals surface area contributed by atoms with Crippen LogP contribution >= 0.6 is 0 Å². The van der Waals surface area contributed by atoms with Gasteiger partial charge < -0.3 is 36.0 Å². The number of anilines is 4. The van der Waals surface area contributed by atoms with Gasteiger partial charge in [-0.25, -0.2) is 9.97 Å². The van der Waals surface area contributed by atoms with E-state index in [2.05, 4.69) is 32.5 Å². The summed E-state index contributed by atoms with van der Waals surface area (Å²) in [6.07, 6.45) is 3.62. The Morgan fingerprint density at radius 1 is 1.14 bits per heavy atom. The highest BCUT2D eigenvalue weighted by molar-refractivity contribution is 5.96. The molecule has 2 fully saturated rings. The molecule has 190 valence electrons. The number of aliphatic hydroxyl groups is 1. The number of amides is 1. The van der Waals surface area contributed by atoms with Gasteiger partial charge in [-0.2, -0.15) is 0 Å². The van der Waals surface area contributed by atoms with Gasteiger partial charge in [-0.1, -0.05) is 6.92 Å². The molecular weight excluding hydrogens is 446 g/mol. The molecule has 2 aliphatic rings. The van der Waals surface area contributed by atoms with Crippen molar-refractivity contribution in [3.63, 3.8) is 0 Å². The Morgan fingerprint density at radius 2 is 1.86 bits per heavy atom. The van der Waals surface area contributed by atoms with Gasteiger partial charge in [0.1, 0.15) is 11.6 Å². The summed E-state index contributed by atoms with van der Waals surface area (Å²) in [6, 6.07) is 6.03. The minimum atomic E-state index is -0.630. The predicted molar refractivity (Wildman–Crippen MR) is 138 cm³/mol. The van der Waals surface area contributed by atoms with Gasteiger partial charge in [-0.05, 0) is 57.4 Å². The van der Waals surface area contributed by atoms with E-state index in [-0.39, 0.29) is 17.8 Å². The lowest BCUT2D eigenvalue weighted by molar-refractivity contribution is 0.0996. The summed E-state index contributed by atoms with van der Waals surface area (Å²) in [6.45, 7) is 5.73. The molecule has 1 aliphatic heterocycles. The normalized spacial score (nSPS) is 21.0. The van der Waals surface area contributed by atoms with E-state index < -0.39 is 5.91 Å². The number of primary amides is 1. The zero-order chi connectivity index (χ0) is 24.9. The van der Waals surface area contributed by atoms with Crippen LogP contribution in [0.25, 0.3) is 0 Å². The van der Waals surface area contributed by atoms with E-state index in [1.54, 1.807) is 7.11 Å². The van der Waals surface area contributed by atoms with E-state index in [0.29, 0.717) is 23.8 Å². The summed E-state index contributed by atoms with van der Waals surface area (Å²) in [5.74, 6) is 1.14. The number of aromatic nitrogens is 2. The molecule has 4 rings (SSSR count). The number of carbonyl (C=O) groups excluding carboxylic acids is 1. The topological polar surface area (TPSA) is 129 Å². The molecule has 0 radical (unpaired) electrons. The number of piperazine rings is 1.